The van der Waals surface area contributed by atoms with E-state index in [0.29, 0.717) is 0 Å². The normalized spacial score (nSPS) is 14.8. The van der Waals surface area contributed by atoms with Crippen LogP contribution in [-0.4, -0.2) is 11.2 Å². The molecule has 0 aromatic heterocycles. The number of nitrogens with two attached hydrogens (primary N) is 1. The number of halogens is 2. The zero-order chi connectivity index (χ0) is 12.1. The summed E-state index contributed by atoms with van der Waals surface area (Å²) in [6.07, 6.45) is 2.36. The predicted octanol–water partition coefficient (Wildman–Crippen LogP) is 3.76. The van der Waals surface area contributed by atoms with Crippen molar-refractivity contribution in [3.63, 3.8) is 0 Å². The number of aliphatic hydroxyl groups is 1. The lowest BCUT2D eigenvalue weighted by Crippen LogP contribution is -2.26. The van der Waals surface area contributed by atoms with Crippen molar-refractivity contribution in [1.82, 2.24) is 0 Å². The molecule has 1 aromatic carbocycles. The van der Waals surface area contributed by atoms with Crippen molar-refractivity contribution in [3.8, 4) is 0 Å². The Bertz CT molecular complexity index is 324. The third-order valence-electron chi connectivity index (χ3n) is 2.54. The molecule has 1 rings (SSSR count). The number of unbranched alkanes of at least 4 members (excludes halogenated alkanes) is 1. The molecular formula is C12H17Br2NO. The van der Waals surface area contributed by atoms with Crippen LogP contribution in [0.5, 0.6) is 0 Å². The van der Waals surface area contributed by atoms with E-state index < -0.39 is 6.10 Å². The van der Waals surface area contributed by atoms with Crippen LogP contribution in [-0.2, 0) is 0 Å². The second-order valence-electron chi connectivity index (χ2n) is 3.94. The molecule has 0 fully saturated rings. The smallest absolute Gasteiger partial charge is 0.0732 e. The van der Waals surface area contributed by atoms with Gasteiger partial charge in [-0.05, 0) is 30.2 Å². The second-order valence-corrected chi connectivity index (χ2v) is 5.77. The standard InChI is InChI=1S/C12H17Br2NO/c1-2-3-4-11(16)12(15)8-5-9(13)7-10(14)6-8/h5-7,11-12,16H,2-4,15H2,1H3/t11-,12+/m1/s1. The van der Waals surface area contributed by atoms with Crippen LogP contribution in [0.25, 0.3) is 0 Å². The highest BCUT2D eigenvalue weighted by Gasteiger charge is 2.16. The van der Waals surface area contributed by atoms with Gasteiger partial charge in [-0.1, -0.05) is 51.6 Å². The second kappa shape index (κ2) is 6.74. The van der Waals surface area contributed by atoms with E-state index in [9.17, 15) is 5.11 Å². The van der Waals surface area contributed by atoms with Crippen LogP contribution in [0.4, 0.5) is 0 Å². The minimum absolute atomic E-state index is 0.319. The van der Waals surface area contributed by atoms with Gasteiger partial charge in [0, 0.05) is 8.95 Å². The van der Waals surface area contributed by atoms with E-state index in [0.717, 1.165) is 33.8 Å². The number of hydrogen-bond acceptors (Lipinski definition) is 2. The van der Waals surface area contributed by atoms with Crippen LogP contribution in [0, 0.1) is 0 Å². The molecule has 0 aliphatic heterocycles. The first-order chi connectivity index (χ1) is 7.54. The van der Waals surface area contributed by atoms with E-state index in [1.807, 2.05) is 18.2 Å². The quantitative estimate of drug-likeness (QED) is 0.849. The van der Waals surface area contributed by atoms with Crippen molar-refractivity contribution >= 4 is 31.9 Å². The Morgan fingerprint density at radius 3 is 2.31 bits per heavy atom. The molecule has 0 heterocycles. The van der Waals surface area contributed by atoms with E-state index in [-0.39, 0.29) is 6.04 Å². The monoisotopic (exact) mass is 349 g/mol. The van der Waals surface area contributed by atoms with Gasteiger partial charge in [0.2, 0.25) is 0 Å². The number of benzene rings is 1. The molecule has 0 aliphatic rings. The maximum absolute atomic E-state index is 9.93. The largest absolute Gasteiger partial charge is 0.391 e. The molecule has 0 unspecified atom stereocenters. The lowest BCUT2D eigenvalue weighted by atomic mass is 9.98. The Hall–Kier alpha value is 0.1000. The van der Waals surface area contributed by atoms with Gasteiger partial charge in [0.05, 0.1) is 12.1 Å². The molecule has 1 aromatic rings. The molecule has 3 N–H and O–H groups in total. The minimum Gasteiger partial charge on any atom is -0.391 e. The molecule has 90 valence electrons. The zero-order valence-electron chi connectivity index (χ0n) is 9.29. The van der Waals surface area contributed by atoms with Gasteiger partial charge in [0.1, 0.15) is 0 Å². The van der Waals surface area contributed by atoms with Crippen molar-refractivity contribution in [2.75, 3.05) is 0 Å². The van der Waals surface area contributed by atoms with Gasteiger partial charge < -0.3 is 10.8 Å². The van der Waals surface area contributed by atoms with Gasteiger partial charge in [-0.2, -0.15) is 0 Å². The zero-order valence-corrected chi connectivity index (χ0v) is 12.5. The van der Waals surface area contributed by atoms with Crippen LogP contribution in [0.15, 0.2) is 27.1 Å². The minimum atomic E-state index is -0.471. The molecule has 0 aliphatic carbocycles. The fraction of sp³-hybridized carbons (Fsp3) is 0.500. The first-order valence-corrected chi connectivity index (χ1v) is 7.02. The Balaban J connectivity index is 2.74. The van der Waals surface area contributed by atoms with Crippen molar-refractivity contribution in [1.29, 1.82) is 0 Å². The Morgan fingerprint density at radius 1 is 1.25 bits per heavy atom. The number of rotatable bonds is 5. The fourth-order valence-electron chi connectivity index (χ4n) is 1.58. The van der Waals surface area contributed by atoms with Gasteiger partial charge in [0.25, 0.3) is 0 Å². The summed E-state index contributed by atoms with van der Waals surface area (Å²) >= 11 is 6.83. The van der Waals surface area contributed by atoms with Gasteiger partial charge in [-0.25, -0.2) is 0 Å². The molecule has 0 saturated carbocycles. The summed E-state index contributed by atoms with van der Waals surface area (Å²) < 4.78 is 1.94. The Labute approximate surface area is 113 Å². The van der Waals surface area contributed by atoms with Gasteiger partial charge in [-0.3, -0.25) is 0 Å². The molecule has 0 bridgehead atoms. The van der Waals surface area contributed by atoms with E-state index in [4.69, 9.17) is 5.73 Å². The molecule has 0 radical (unpaired) electrons. The summed E-state index contributed by atoms with van der Waals surface area (Å²) in [4.78, 5) is 0. The molecule has 0 saturated heterocycles. The van der Waals surface area contributed by atoms with Crippen LogP contribution < -0.4 is 5.73 Å². The number of hydrogen-bond donors (Lipinski definition) is 2. The van der Waals surface area contributed by atoms with Crippen LogP contribution in [0.2, 0.25) is 0 Å². The van der Waals surface area contributed by atoms with E-state index >= 15 is 0 Å². The summed E-state index contributed by atoms with van der Waals surface area (Å²) in [7, 11) is 0. The molecule has 2 atom stereocenters. The van der Waals surface area contributed by atoms with Crippen molar-refractivity contribution < 1.29 is 5.11 Å². The van der Waals surface area contributed by atoms with Crippen LogP contribution in [0.1, 0.15) is 37.8 Å². The van der Waals surface area contributed by atoms with Crippen LogP contribution >= 0.6 is 31.9 Å². The fourth-order valence-corrected chi connectivity index (χ4v) is 2.91. The maximum atomic E-state index is 9.93. The SMILES string of the molecule is CCCC[C@@H](O)[C@@H](N)c1cc(Br)cc(Br)c1. The van der Waals surface area contributed by atoms with E-state index in [1.165, 1.54) is 0 Å². The molecule has 0 spiro atoms. The van der Waals surface area contributed by atoms with Crippen molar-refractivity contribution in [3.05, 3.63) is 32.7 Å². The Kier molecular flexibility index (Phi) is 5.97. The van der Waals surface area contributed by atoms with Gasteiger partial charge in [-0.15, -0.1) is 0 Å². The summed E-state index contributed by atoms with van der Waals surface area (Å²) in [6.45, 7) is 2.11. The molecular weight excluding hydrogens is 334 g/mol. The lowest BCUT2D eigenvalue weighted by molar-refractivity contribution is 0.132. The molecule has 4 heteroatoms. The average Bonchev–Trinajstić information content (AvgIpc) is 2.23. The van der Waals surface area contributed by atoms with Gasteiger partial charge in [0.15, 0.2) is 0 Å². The predicted molar refractivity (Wildman–Crippen MR) is 74.3 cm³/mol. The highest BCUT2D eigenvalue weighted by molar-refractivity contribution is 9.11. The van der Waals surface area contributed by atoms with Crippen LogP contribution in [0.3, 0.4) is 0 Å². The molecule has 0 amide bonds. The Morgan fingerprint density at radius 2 is 1.81 bits per heavy atom. The molecule has 2 nitrogen and oxygen atoms in total. The topological polar surface area (TPSA) is 46.2 Å². The lowest BCUT2D eigenvalue weighted by Gasteiger charge is -2.19. The maximum Gasteiger partial charge on any atom is 0.0732 e. The molecule has 16 heavy (non-hydrogen) atoms. The van der Waals surface area contributed by atoms with Crippen molar-refractivity contribution in [2.45, 2.75) is 38.3 Å². The summed E-state index contributed by atoms with van der Waals surface area (Å²) in [5, 5.41) is 9.93. The summed E-state index contributed by atoms with van der Waals surface area (Å²) in [6, 6.07) is 5.53. The van der Waals surface area contributed by atoms with E-state index in [2.05, 4.69) is 38.8 Å². The van der Waals surface area contributed by atoms with E-state index in [1.54, 1.807) is 0 Å². The highest BCUT2D eigenvalue weighted by atomic mass is 79.9. The van der Waals surface area contributed by atoms with Crippen molar-refractivity contribution in [2.24, 2.45) is 5.73 Å². The summed E-state index contributed by atoms with van der Waals surface area (Å²) in [5.74, 6) is 0. The third kappa shape index (κ3) is 4.17. The highest BCUT2D eigenvalue weighted by Crippen LogP contribution is 2.26. The summed E-state index contributed by atoms with van der Waals surface area (Å²) in [5.41, 5.74) is 6.97. The number of aliphatic hydroxyl groups excluding tert-OH is 1. The first kappa shape index (κ1) is 14.2. The third-order valence-corrected chi connectivity index (χ3v) is 3.45. The van der Waals surface area contributed by atoms with Gasteiger partial charge >= 0.3 is 0 Å². The average molecular weight is 351 g/mol. The first-order valence-electron chi connectivity index (χ1n) is 5.44.